The van der Waals surface area contributed by atoms with Crippen LogP contribution in [0, 0.1) is 12.8 Å². The Hall–Kier alpha value is -0.690. The third-order valence-corrected chi connectivity index (χ3v) is 5.46. The van der Waals surface area contributed by atoms with Crippen LogP contribution in [0.15, 0.2) is 5.38 Å². The number of hydrogen-bond donors (Lipinski definition) is 1. The zero-order valence-corrected chi connectivity index (χ0v) is 15.4. The predicted octanol–water partition coefficient (Wildman–Crippen LogP) is 1.91. The highest BCUT2D eigenvalue weighted by Gasteiger charge is 2.27. The Morgan fingerprint density at radius 3 is 2.78 bits per heavy atom. The van der Waals surface area contributed by atoms with Crippen LogP contribution in [-0.2, 0) is 11.3 Å². The summed E-state index contributed by atoms with van der Waals surface area (Å²) < 4.78 is 0. The normalized spacial score (nSPS) is 20.8. The van der Waals surface area contributed by atoms with Crippen LogP contribution in [0.3, 0.4) is 0 Å². The van der Waals surface area contributed by atoms with Crippen LogP contribution < -0.4 is 5.32 Å². The first-order valence-electron chi connectivity index (χ1n) is 8.35. The molecule has 0 aromatic carbocycles. The Balaban J connectivity index is 0.00000192. The molecule has 2 saturated heterocycles. The molecule has 130 valence electrons. The van der Waals surface area contributed by atoms with Gasteiger partial charge >= 0.3 is 0 Å². The summed E-state index contributed by atoms with van der Waals surface area (Å²) in [5, 5.41) is 6.62. The molecule has 7 heteroatoms. The zero-order chi connectivity index (χ0) is 15.4. The van der Waals surface area contributed by atoms with Crippen molar-refractivity contribution in [3.05, 3.63) is 16.1 Å². The number of hydrogen-bond acceptors (Lipinski definition) is 5. The number of nitrogens with zero attached hydrogens (tertiary/aromatic N) is 3. The minimum absolute atomic E-state index is 0. The van der Waals surface area contributed by atoms with Crippen LogP contribution in [0.1, 0.15) is 30.0 Å². The zero-order valence-electron chi connectivity index (χ0n) is 13.8. The molecule has 0 radical (unpaired) electrons. The molecule has 23 heavy (non-hydrogen) atoms. The van der Waals surface area contributed by atoms with E-state index in [2.05, 4.69) is 32.4 Å². The van der Waals surface area contributed by atoms with Crippen molar-refractivity contribution in [2.24, 2.45) is 5.92 Å². The number of halogens is 1. The smallest absolute Gasteiger partial charge is 0.225 e. The Bertz CT molecular complexity index is 504. The molecule has 1 aromatic heterocycles. The van der Waals surface area contributed by atoms with E-state index in [1.54, 1.807) is 11.3 Å². The molecule has 0 aliphatic carbocycles. The Labute approximate surface area is 148 Å². The van der Waals surface area contributed by atoms with Crippen molar-refractivity contribution >= 4 is 29.7 Å². The Morgan fingerprint density at radius 2 is 2.09 bits per heavy atom. The summed E-state index contributed by atoms with van der Waals surface area (Å²) in [6, 6.07) is 0. The monoisotopic (exact) mass is 358 g/mol. The van der Waals surface area contributed by atoms with Gasteiger partial charge in [0.25, 0.3) is 0 Å². The van der Waals surface area contributed by atoms with Gasteiger partial charge in [-0.1, -0.05) is 0 Å². The van der Waals surface area contributed by atoms with Crippen molar-refractivity contribution in [3.8, 4) is 0 Å². The first kappa shape index (κ1) is 18.6. The lowest BCUT2D eigenvalue weighted by atomic mass is 9.96. The number of aryl methyl sites for hydroxylation is 1. The lowest BCUT2D eigenvalue weighted by Crippen LogP contribution is -2.42. The number of piperidine rings is 1. The van der Waals surface area contributed by atoms with E-state index in [0.717, 1.165) is 70.1 Å². The maximum Gasteiger partial charge on any atom is 0.225 e. The third-order valence-electron chi connectivity index (χ3n) is 4.64. The molecule has 1 aromatic rings. The van der Waals surface area contributed by atoms with Gasteiger partial charge in [-0.2, -0.15) is 0 Å². The average Bonchev–Trinajstić information content (AvgIpc) is 2.81. The van der Waals surface area contributed by atoms with Crippen LogP contribution >= 0.6 is 23.7 Å². The van der Waals surface area contributed by atoms with Crippen molar-refractivity contribution < 1.29 is 4.79 Å². The fraction of sp³-hybridized carbons (Fsp3) is 0.750. The van der Waals surface area contributed by atoms with Crippen LogP contribution in [-0.4, -0.2) is 60.0 Å². The summed E-state index contributed by atoms with van der Waals surface area (Å²) >= 11 is 1.71. The largest absolute Gasteiger partial charge is 0.341 e. The summed E-state index contributed by atoms with van der Waals surface area (Å²) in [6.07, 6.45) is 3.06. The summed E-state index contributed by atoms with van der Waals surface area (Å²) in [4.78, 5) is 21.7. The molecule has 0 spiro atoms. The first-order valence-corrected chi connectivity index (χ1v) is 9.23. The van der Waals surface area contributed by atoms with Gasteiger partial charge in [-0.3, -0.25) is 9.69 Å². The van der Waals surface area contributed by atoms with Crippen molar-refractivity contribution in [2.75, 3.05) is 39.3 Å². The van der Waals surface area contributed by atoms with Gasteiger partial charge in [-0.15, -0.1) is 23.7 Å². The maximum absolute atomic E-state index is 12.6. The van der Waals surface area contributed by atoms with E-state index < -0.39 is 0 Å². The molecule has 0 unspecified atom stereocenters. The van der Waals surface area contributed by atoms with E-state index in [9.17, 15) is 4.79 Å². The molecule has 2 aliphatic heterocycles. The van der Waals surface area contributed by atoms with Crippen LogP contribution in [0.25, 0.3) is 0 Å². The lowest BCUT2D eigenvalue weighted by molar-refractivity contribution is -0.136. The minimum Gasteiger partial charge on any atom is -0.341 e. The van der Waals surface area contributed by atoms with Gasteiger partial charge in [-0.25, -0.2) is 4.98 Å². The number of carbonyl (C=O) groups is 1. The van der Waals surface area contributed by atoms with Crippen LogP contribution in [0.2, 0.25) is 0 Å². The molecule has 3 rings (SSSR count). The van der Waals surface area contributed by atoms with Crippen molar-refractivity contribution in [2.45, 2.75) is 32.7 Å². The number of thiazole rings is 1. The highest BCUT2D eigenvalue weighted by molar-refractivity contribution is 7.09. The molecular formula is C16H27ClN4OS. The Morgan fingerprint density at radius 1 is 1.30 bits per heavy atom. The lowest BCUT2D eigenvalue weighted by Gasteiger charge is -2.28. The second kappa shape index (κ2) is 8.97. The summed E-state index contributed by atoms with van der Waals surface area (Å²) in [6.45, 7) is 8.75. The molecule has 1 N–H and O–H groups in total. The van der Waals surface area contributed by atoms with Gasteiger partial charge in [0, 0.05) is 44.0 Å². The van der Waals surface area contributed by atoms with Gasteiger partial charge in [0.05, 0.1) is 10.7 Å². The third kappa shape index (κ3) is 5.14. The van der Waals surface area contributed by atoms with Crippen molar-refractivity contribution in [1.29, 1.82) is 0 Å². The van der Waals surface area contributed by atoms with Crippen molar-refractivity contribution in [1.82, 2.24) is 20.1 Å². The molecule has 2 aliphatic rings. The average molecular weight is 359 g/mol. The van der Waals surface area contributed by atoms with Crippen molar-refractivity contribution in [3.63, 3.8) is 0 Å². The number of nitrogens with one attached hydrogen (secondary N) is 1. The van der Waals surface area contributed by atoms with E-state index in [0.29, 0.717) is 5.91 Å². The number of aromatic nitrogens is 1. The predicted molar refractivity (Wildman–Crippen MR) is 96.2 cm³/mol. The van der Waals surface area contributed by atoms with Gasteiger partial charge in [0.1, 0.15) is 0 Å². The molecule has 0 bridgehead atoms. The fourth-order valence-corrected chi connectivity index (χ4v) is 3.99. The second-order valence-electron chi connectivity index (χ2n) is 6.34. The van der Waals surface area contributed by atoms with Gasteiger partial charge < -0.3 is 10.2 Å². The first-order chi connectivity index (χ1) is 10.7. The number of carbonyl (C=O) groups excluding carboxylic acids is 1. The Kier molecular flexibility index (Phi) is 7.27. The fourth-order valence-electron chi connectivity index (χ4n) is 3.39. The molecule has 2 fully saturated rings. The molecule has 3 heterocycles. The van der Waals surface area contributed by atoms with E-state index in [-0.39, 0.29) is 18.3 Å². The van der Waals surface area contributed by atoms with E-state index in [4.69, 9.17) is 0 Å². The minimum atomic E-state index is 0. The van der Waals surface area contributed by atoms with E-state index in [1.165, 1.54) is 5.69 Å². The molecule has 0 atom stereocenters. The summed E-state index contributed by atoms with van der Waals surface area (Å²) in [5.74, 6) is 0.627. The molecule has 1 amide bonds. The standard InChI is InChI=1S/C16H26N4OS.ClH/c1-13-18-15(12-22-13)11-19-7-2-8-20(10-9-19)16(21)14-3-5-17-6-4-14;/h12,14,17H,2-11H2,1H3;1H. The number of rotatable bonds is 3. The maximum atomic E-state index is 12.6. The van der Waals surface area contributed by atoms with Gasteiger partial charge in [0.15, 0.2) is 0 Å². The molecule has 5 nitrogen and oxygen atoms in total. The highest BCUT2D eigenvalue weighted by Crippen LogP contribution is 2.17. The topological polar surface area (TPSA) is 48.5 Å². The second-order valence-corrected chi connectivity index (χ2v) is 7.40. The van der Waals surface area contributed by atoms with Crippen LogP contribution in [0.5, 0.6) is 0 Å². The van der Waals surface area contributed by atoms with Gasteiger partial charge in [0.2, 0.25) is 5.91 Å². The van der Waals surface area contributed by atoms with Crippen LogP contribution in [0.4, 0.5) is 0 Å². The van der Waals surface area contributed by atoms with E-state index in [1.807, 2.05) is 0 Å². The summed E-state index contributed by atoms with van der Waals surface area (Å²) in [5.41, 5.74) is 1.17. The SMILES string of the molecule is Cc1nc(CN2CCCN(C(=O)C3CCNCC3)CC2)cs1.Cl. The van der Waals surface area contributed by atoms with Gasteiger partial charge in [-0.05, 0) is 39.3 Å². The highest BCUT2D eigenvalue weighted by atomic mass is 35.5. The van der Waals surface area contributed by atoms with E-state index >= 15 is 0 Å². The summed E-state index contributed by atoms with van der Waals surface area (Å²) in [7, 11) is 0. The molecule has 0 saturated carbocycles. The quantitative estimate of drug-likeness (QED) is 0.896. The molecular weight excluding hydrogens is 332 g/mol. The number of amides is 1.